The minimum absolute atomic E-state index is 0.184. The van der Waals surface area contributed by atoms with E-state index in [1.807, 2.05) is 13.1 Å². The summed E-state index contributed by atoms with van der Waals surface area (Å²) in [6, 6.07) is 4.99. The summed E-state index contributed by atoms with van der Waals surface area (Å²) in [7, 11) is -2.08. The van der Waals surface area contributed by atoms with E-state index in [0.29, 0.717) is 11.0 Å². The van der Waals surface area contributed by atoms with E-state index in [-0.39, 0.29) is 11.4 Å². The number of aromatic nitrogens is 4. The summed E-state index contributed by atoms with van der Waals surface area (Å²) in [5.74, 6) is 0. The third-order valence-electron chi connectivity index (χ3n) is 3.35. The van der Waals surface area contributed by atoms with Crippen LogP contribution < -0.4 is 0 Å². The van der Waals surface area contributed by atoms with Gasteiger partial charge in [0, 0.05) is 31.9 Å². The van der Waals surface area contributed by atoms with Crippen LogP contribution in [-0.2, 0) is 23.1 Å². The van der Waals surface area contributed by atoms with E-state index >= 15 is 0 Å². The Bertz CT molecular complexity index is 900. The van der Waals surface area contributed by atoms with Gasteiger partial charge in [-0.3, -0.25) is 4.68 Å². The summed E-state index contributed by atoms with van der Waals surface area (Å²) in [5.41, 5.74) is 1.86. The van der Waals surface area contributed by atoms with Crippen LogP contribution in [0.4, 0.5) is 0 Å². The maximum absolute atomic E-state index is 12.8. The van der Waals surface area contributed by atoms with E-state index in [9.17, 15) is 8.42 Å². The molecule has 1 aromatic carbocycles. The lowest BCUT2D eigenvalue weighted by atomic mass is 10.3. The van der Waals surface area contributed by atoms with Gasteiger partial charge in [0.05, 0.1) is 17.9 Å². The summed E-state index contributed by atoms with van der Waals surface area (Å²) in [4.78, 5) is 0.184. The van der Waals surface area contributed by atoms with Crippen LogP contribution in [0.2, 0.25) is 0 Å². The molecule has 0 aliphatic carbocycles. The lowest BCUT2D eigenvalue weighted by molar-refractivity contribution is 0.467. The summed E-state index contributed by atoms with van der Waals surface area (Å²) in [6.07, 6.45) is 3.53. The molecule has 22 heavy (non-hydrogen) atoms. The maximum atomic E-state index is 12.8. The van der Waals surface area contributed by atoms with Crippen LogP contribution in [-0.4, -0.2) is 38.3 Å². The first kappa shape index (κ1) is 15.1. The van der Waals surface area contributed by atoms with Crippen molar-refractivity contribution >= 4 is 32.8 Å². The molecule has 0 aliphatic rings. The van der Waals surface area contributed by atoms with Gasteiger partial charge in [0.1, 0.15) is 15.9 Å². The van der Waals surface area contributed by atoms with Crippen LogP contribution in [0.5, 0.6) is 0 Å². The van der Waals surface area contributed by atoms with Crippen molar-refractivity contribution in [1.29, 1.82) is 0 Å². The van der Waals surface area contributed by atoms with E-state index in [0.717, 1.165) is 23.8 Å². The van der Waals surface area contributed by atoms with E-state index < -0.39 is 10.0 Å². The Morgan fingerprint density at radius 3 is 2.86 bits per heavy atom. The van der Waals surface area contributed by atoms with Gasteiger partial charge in [-0.05, 0) is 19.1 Å². The Labute approximate surface area is 132 Å². The van der Waals surface area contributed by atoms with E-state index in [2.05, 4.69) is 13.8 Å². The molecule has 0 unspecified atom stereocenters. The summed E-state index contributed by atoms with van der Waals surface area (Å²) < 4.78 is 36.8. The molecular formula is C13H15N5O2S2. The normalized spacial score (nSPS) is 12.3. The molecule has 2 heterocycles. The standard InChI is InChI=1S/C13H15N5O2S2/c1-3-18-9-10(7-14-18)8-17(2)22(19,20)12-6-4-5-11-13(12)16-21-15-11/h4-7,9H,3,8H2,1-2H3. The number of benzene rings is 1. The number of hydrogen-bond acceptors (Lipinski definition) is 6. The van der Waals surface area contributed by atoms with Gasteiger partial charge >= 0.3 is 0 Å². The molecular weight excluding hydrogens is 322 g/mol. The van der Waals surface area contributed by atoms with E-state index in [1.165, 1.54) is 4.31 Å². The number of hydrogen-bond donors (Lipinski definition) is 0. The minimum Gasteiger partial charge on any atom is -0.273 e. The summed E-state index contributed by atoms with van der Waals surface area (Å²) in [5, 5.41) is 4.16. The van der Waals surface area contributed by atoms with E-state index in [1.54, 1.807) is 36.1 Å². The number of nitrogens with zero attached hydrogens (tertiary/aromatic N) is 5. The second-order valence-corrected chi connectivity index (χ2v) is 7.40. The molecule has 0 N–H and O–H groups in total. The summed E-state index contributed by atoms with van der Waals surface area (Å²) >= 11 is 1.01. The molecule has 0 atom stereocenters. The Balaban J connectivity index is 1.93. The molecule has 0 bridgehead atoms. The quantitative estimate of drug-likeness (QED) is 0.708. The van der Waals surface area contributed by atoms with Crippen LogP contribution in [0.3, 0.4) is 0 Å². The Morgan fingerprint density at radius 1 is 1.32 bits per heavy atom. The third kappa shape index (κ3) is 2.62. The van der Waals surface area contributed by atoms with Crippen LogP contribution in [0.15, 0.2) is 35.5 Å². The molecule has 2 aromatic heterocycles. The molecule has 0 amide bonds. The van der Waals surface area contributed by atoms with Crippen molar-refractivity contribution in [3.63, 3.8) is 0 Å². The second-order valence-electron chi connectivity index (χ2n) is 4.85. The number of sulfonamides is 1. The topological polar surface area (TPSA) is 81.0 Å². The highest BCUT2D eigenvalue weighted by atomic mass is 32.2. The van der Waals surface area contributed by atoms with Crippen molar-refractivity contribution in [3.8, 4) is 0 Å². The zero-order valence-electron chi connectivity index (χ0n) is 12.2. The molecule has 3 rings (SSSR count). The molecule has 0 spiro atoms. The molecule has 7 nitrogen and oxygen atoms in total. The zero-order valence-corrected chi connectivity index (χ0v) is 13.8. The maximum Gasteiger partial charge on any atom is 0.245 e. The van der Waals surface area contributed by atoms with Crippen molar-refractivity contribution in [1.82, 2.24) is 22.8 Å². The first-order valence-electron chi connectivity index (χ1n) is 6.71. The van der Waals surface area contributed by atoms with Gasteiger partial charge in [-0.1, -0.05) is 6.07 Å². The van der Waals surface area contributed by atoms with Crippen molar-refractivity contribution in [3.05, 3.63) is 36.2 Å². The SMILES string of the molecule is CCn1cc(CN(C)S(=O)(=O)c2cccc3nsnc23)cn1. The Morgan fingerprint density at radius 2 is 2.14 bits per heavy atom. The lowest BCUT2D eigenvalue weighted by Crippen LogP contribution is -2.26. The fraction of sp³-hybridized carbons (Fsp3) is 0.308. The minimum atomic E-state index is -3.63. The fourth-order valence-electron chi connectivity index (χ4n) is 2.16. The highest BCUT2D eigenvalue weighted by molar-refractivity contribution is 7.89. The van der Waals surface area contributed by atoms with Gasteiger partial charge in [0.25, 0.3) is 0 Å². The average Bonchev–Trinajstić information content (AvgIpc) is 3.14. The highest BCUT2D eigenvalue weighted by Gasteiger charge is 2.25. The molecule has 3 aromatic rings. The predicted molar refractivity (Wildman–Crippen MR) is 84.0 cm³/mol. The lowest BCUT2D eigenvalue weighted by Gasteiger charge is -2.16. The predicted octanol–water partition coefficient (Wildman–Crippen LogP) is 1.73. The van der Waals surface area contributed by atoms with Gasteiger partial charge in [0.15, 0.2) is 0 Å². The third-order valence-corrected chi connectivity index (χ3v) is 5.73. The molecule has 0 aliphatic heterocycles. The Hall–Kier alpha value is -1.84. The second kappa shape index (κ2) is 5.75. The van der Waals surface area contributed by atoms with Crippen molar-refractivity contribution < 1.29 is 8.42 Å². The van der Waals surface area contributed by atoms with Gasteiger partial charge in [-0.2, -0.15) is 18.2 Å². The van der Waals surface area contributed by atoms with E-state index in [4.69, 9.17) is 0 Å². The molecule has 0 saturated heterocycles. The van der Waals surface area contributed by atoms with Crippen LogP contribution in [0.1, 0.15) is 12.5 Å². The van der Waals surface area contributed by atoms with Crippen molar-refractivity contribution in [2.75, 3.05) is 7.05 Å². The molecule has 0 saturated carbocycles. The molecule has 0 radical (unpaired) electrons. The number of rotatable bonds is 5. The van der Waals surface area contributed by atoms with Crippen molar-refractivity contribution in [2.45, 2.75) is 24.9 Å². The first-order valence-corrected chi connectivity index (χ1v) is 8.88. The monoisotopic (exact) mass is 337 g/mol. The number of fused-ring (bicyclic) bond motifs is 1. The molecule has 9 heteroatoms. The molecule has 0 fully saturated rings. The van der Waals surface area contributed by atoms with Crippen LogP contribution in [0, 0.1) is 0 Å². The molecule has 116 valence electrons. The van der Waals surface area contributed by atoms with Crippen molar-refractivity contribution in [2.24, 2.45) is 0 Å². The van der Waals surface area contributed by atoms with Gasteiger partial charge in [0.2, 0.25) is 10.0 Å². The first-order chi connectivity index (χ1) is 10.5. The number of aryl methyl sites for hydroxylation is 1. The van der Waals surface area contributed by atoms with Gasteiger partial charge in [-0.15, -0.1) is 0 Å². The summed E-state index contributed by atoms with van der Waals surface area (Å²) in [6.45, 7) is 2.99. The zero-order chi connectivity index (χ0) is 15.7. The average molecular weight is 337 g/mol. The van der Waals surface area contributed by atoms with Crippen LogP contribution in [0.25, 0.3) is 11.0 Å². The largest absolute Gasteiger partial charge is 0.273 e. The van der Waals surface area contributed by atoms with Crippen LogP contribution >= 0.6 is 11.7 Å². The van der Waals surface area contributed by atoms with Gasteiger partial charge < -0.3 is 0 Å². The fourth-order valence-corrected chi connectivity index (χ4v) is 4.07. The Kier molecular flexibility index (Phi) is 3.94. The smallest absolute Gasteiger partial charge is 0.245 e. The van der Waals surface area contributed by atoms with Gasteiger partial charge in [-0.25, -0.2) is 8.42 Å². The highest BCUT2D eigenvalue weighted by Crippen LogP contribution is 2.24.